The van der Waals surface area contributed by atoms with Gasteiger partial charge in [0.05, 0.1) is 24.7 Å². The lowest BCUT2D eigenvalue weighted by Crippen LogP contribution is -2.14. The van der Waals surface area contributed by atoms with Crippen molar-refractivity contribution in [2.45, 2.75) is 52.5 Å². The summed E-state index contributed by atoms with van der Waals surface area (Å²) in [6.07, 6.45) is 0.926. The number of benzene rings is 2. The first kappa shape index (κ1) is 19.0. The van der Waals surface area contributed by atoms with Crippen LogP contribution < -0.4 is 10.1 Å². The molecule has 134 valence electrons. The summed E-state index contributed by atoms with van der Waals surface area (Å²) >= 11 is 0. The quantitative estimate of drug-likeness (QED) is 0.580. The van der Waals surface area contributed by atoms with Crippen LogP contribution in [0.1, 0.15) is 45.7 Å². The Morgan fingerprint density at radius 3 is 2.32 bits per heavy atom. The Labute approximate surface area is 152 Å². The van der Waals surface area contributed by atoms with Gasteiger partial charge in [-0.1, -0.05) is 57.2 Å². The minimum Gasteiger partial charge on any atom is -0.495 e. The van der Waals surface area contributed by atoms with Crippen molar-refractivity contribution in [2.24, 2.45) is 4.99 Å². The van der Waals surface area contributed by atoms with Gasteiger partial charge in [-0.25, -0.2) is 0 Å². The SMILES string of the molecule is COc1ccccc1NC(C)=NC(C)Cc1ccc(C(C)(C)C)cc1. The first-order valence-corrected chi connectivity index (χ1v) is 8.83. The van der Waals surface area contributed by atoms with E-state index in [0.717, 1.165) is 23.7 Å². The lowest BCUT2D eigenvalue weighted by Gasteiger charge is -2.19. The van der Waals surface area contributed by atoms with Gasteiger partial charge in [-0.05, 0) is 48.9 Å². The van der Waals surface area contributed by atoms with Gasteiger partial charge >= 0.3 is 0 Å². The average Bonchev–Trinajstić information content (AvgIpc) is 2.54. The highest BCUT2D eigenvalue weighted by atomic mass is 16.5. The Kier molecular flexibility index (Phi) is 6.24. The number of nitrogens with one attached hydrogen (secondary N) is 1. The fraction of sp³-hybridized carbons (Fsp3) is 0.409. The second-order valence-corrected chi connectivity index (χ2v) is 7.54. The van der Waals surface area contributed by atoms with E-state index in [0.29, 0.717) is 0 Å². The van der Waals surface area contributed by atoms with Crippen LogP contribution in [0.2, 0.25) is 0 Å². The number of amidine groups is 1. The lowest BCUT2D eigenvalue weighted by atomic mass is 9.86. The second-order valence-electron chi connectivity index (χ2n) is 7.54. The highest BCUT2D eigenvalue weighted by Gasteiger charge is 2.13. The number of anilines is 1. The number of hydrogen-bond donors (Lipinski definition) is 1. The molecule has 3 heteroatoms. The zero-order chi connectivity index (χ0) is 18.4. The maximum Gasteiger partial charge on any atom is 0.142 e. The van der Waals surface area contributed by atoms with Gasteiger partial charge in [0.15, 0.2) is 0 Å². The van der Waals surface area contributed by atoms with Crippen LogP contribution in [0.5, 0.6) is 5.75 Å². The van der Waals surface area contributed by atoms with E-state index in [9.17, 15) is 0 Å². The van der Waals surface area contributed by atoms with Gasteiger partial charge in [-0.15, -0.1) is 0 Å². The number of rotatable bonds is 5. The van der Waals surface area contributed by atoms with Crippen LogP contribution in [0, 0.1) is 0 Å². The summed E-state index contributed by atoms with van der Waals surface area (Å²) in [4.78, 5) is 4.76. The highest BCUT2D eigenvalue weighted by Crippen LogP contribution is 2.24. The summed E-state index contributed by atoms with van der Waals surface area (Å²) in [6.45, 7) is 10.8. The Morgan fingerprint density at radius 2 is 1.72 bits per heavy atom. The average molecular weight is 338 g/mol. The van der Waals surface area contributed by atoms with Gasteiger partial charge < -0.3 is 10.1 Å². The van der Waals surface area contributed by atoms with Crippen molar-refractivity contribution < 1.29 is 4.74 Å². The third kappa shape index (κ3) is 5.63. The van der Waals surface area contributed by atoms with Crippen molar-refractivity contribution in [2.75, 3.05) is 12.4 Å². The molecule has 0 aliphatic heterocycles. The standard InChI is InChI=1S/C22H30N2O/c1-16(15-18-11-13-19(14-12-18)22(3,4)5)23-17(2)24-20-9-7-8-10-21(20)25-6/h7-14,16H,15H2,1-6H3,(H,23,24). The van der Waals surface area contributed by atoms with Gasteiger partial charge in [0.1, 0.15) is 5.75 Å². The van der Waals surface area contributed by atoms with E-state index in [4.69, 9.17) is 9.73 Å². The van der Waals surface area contributed by atoms with Crippen molar-refractivity contribution in [1.29, 1.82) is 0 Å². The zero-order valence-electron chi connectivity index (χ0n) is 16.3. The molecule has 0 bridgehead atoms. The number of nitrogens with zero attached hydrogens (tertiary/aromatic N) is 1. The van der Waals surface area contributed by atoms with Crippen molar-refractivity contribution in [3.8, 4) is 5.75 Å². The number of ether oxygens (including phenoxy) is 1. The topological polar surface area (TPSA) is 33.6 Å². The molecule has 0 amide bonds. The zero-order valence-corrected chi connectivity index (χ0v) is 16.3. The number of aliphatic imine (C=N–C) groups is 1. The summed E-state index contributed by atoms with van der Waals surface area (Å²) in [5.74, 6) is 1.71. The maximum atomic E-state index is 5.37. The van der Waals surface area contributed by atoms with E-state index in [-0.39, 0.29) is 11.5 Å². The lowest BCUT2D eigenvalue weighted by molar-refractivity contribution is 0.417. The summed E-state index contributed by atoms with van der Waals surface area (Å²) < 4.78 is 5.37. The van der Waals surface area contributed by atoms with Gasteiger partial charge in [0, 0.05) is 0 Å². The third-order valence-corrected chi connectivity index (χ3v) is 4.19. The molecule has 0 aliphatic rings. The van der Waals surface area contributed by atoms with E-state index in [1.807, 2.05) is 31.2 Å². The van der Waals surface area contributed by atoms with Gasteiger partial charge in [-0.3, -0.25) is 4.99 Å². The number of para-hydroxylation sites is 2. The van der Waals surface area contributed by atoms with Crippen molar-refractivity contribution in [1.82, 2.24) is 0 Å². The Hall–Kier alpha value is -2.29. The molecule has 0 aromatic heterocycles. The van der Waals surface area contributed by atoms with Crippen molar-refractivity contribution >= 4 is 11.5 Å². The fourth-order valence-corrected chi connectivity index (χ4v) is 2.83. The molecule has 0 saturated carbocycles. The minimum atomic E-state index is 0.192. The minimum absolute atomic E-state index is 0.192. The monoisotopic (exact) mass is 338 g/mol. The van der Waals surface area contributed by atoms with E-state index >= 15 is 0 Å². The molecule has 1 atom stereocenters. The molecule has 2 aromatic rings. The molecule has 0 saturated heterocycles. The maximum absolute atomic E-state index is 5.37. The molecule has 25 heavy (non-hydrogen) atoms. The molecule has 0 radical (unpaired) electrons. The van der Waals surface area contributed by atoms with Crippen LogP contribution in [0.3, 0.4) is 0 Å². The summed E-state index contributed by atoms with van der Waals surface area (Å²) in [5, 5.41) is 3.33. The van der Waals surface area contributed by atoms with Crippen LogP contribution in [0.4, 0.5) is 5.69 Å². The molecule has 0 spiro atoms. The van der Waals surface area contributed by atoms with Crippen LogP contribution in [-0.2, 0) is 11.8 Å². The fourth-order valence-electron chi connectivity index (χ4n) is 2.83. The largest absolute Gasteiger partial charge is 0.495 e. The summed E-state index contributed by atoms with van der Waals surface area (Å²) in [5.41, 5.74) is 3.81. The molecular formula is C22H30N2O. The van der Waals surface area contributed by atoms with E-state index < -0.39 is 0 Å². The predicted octanol–water partition coefficient (Wildman–Crippen LogP) is 5.45. The molecular weight excluding hydrogens is 308 g/mol. The van der Waals surface area contributed by atoms with Crippen LogP contribution >= 0.6 is 0 Å². The molecule has 1 N–H and O–H groups in total. The Bertz CT molecular complexity index is 712. The normalized spacial score (nSPS) is 13.4. The second kappa shape index (κ2) is 8.19. The van der Waals surface area contributed by atoms with Gasteiger partial charge in [0.25, 0.3) is 0 Å². The molecule has 2 rings (SSSR count). The molecule has 0 heterocycles. The molecule has 2 aromatic carbocycles. The third-order valence-electron chi connectivity index (χ3n) is 4.19. The molecule has 0 fully saturated rings. The highest BCUT2D eigenvalue weighted by molar-refractivity contribution is 5.94. The smallest absolute Gasteiger partial charge is 0.142 e. The first-order chi connectivity index (χ1) is 11.8. The van der Waals surface area contributed by atoms with E-state index in [1.165, 1.54) is 11.1 Å². The Balaban J connectivity index is 2.00. The molecule has 0 aliphatic carbocycles. The molecule has 3 nitrogen and oxygen atoms in total. The Morgan fingerprint density at radius 1 is 1.08 bits per heavy atom. The van der Waals surface area contributed by atoms with Crippen LogP contribution in [0.25, 0.3) is 0 Å². The number of hydrogen-bond acceptors (Lipinski definition) is 2. The van der Waals surface area contributed by atoms with Crippen molar-refractivity contribution in [3.05, 3.63) is 59.7 Å². The summed E-state index contributed by atoms with van der Waals surface area (Å²) in [6, 6.07) is 17.0. The van der Waals surface area contributed by atoms with Crippen LogP contribution in [-0.4, -0.2) is 19.0 Å². The van der Waals surface area contributed by atoms with Crippen LogP contribution in [0.15, 0.2) is 53.5 Å². The number of methoxy groups -OCH3 is 1. The van der Waals surface area contributed by atoms with Crippen molar-refractivity contribution in [3.63, 3.8) is 0 Å². The van der Waals surface area contributed by atoms with Gasteiger partial charge in [-0.2, -0.15) is 0 Å². The molecule has 1 unspecified atom stereocenters. The summed E-state index contributed by atoms with van der Waals surface area (Å²) in [7, 11) is 1.68. The van der Waals surface area contributed by atoms with Gasteiger partial charge in [0.2, 0.25) is 0 Å². The van der Waals surface area contributed by atoms with E-state index in [1.54, 1.807) is 7.11 Å². The predicted molar refractivity (Wildman–Crippen MR) is 108 cm³/mol. The first-order valence-electron chi connectivity index (χ1n) is 8.83. The van der Waals surface area contributed by atoms with E-state index in [2.05, 4.69) is 57.3 Å².